The smallest absolute Gasteiger partial charge is 0.0523 e. The summed E-state index contributed by atoms with van der Waals surface area (Å²) in [5.41, 5.74) is 0. The van der Waals surface area contributed by atoms with Gasteiger partial charge >= 0.3 is 0 Å². The normalized spacial score (nSPS) is 7.73. The van der Waals surface area contributed by atoms with E-state index in [0.29, 0.717) is 26.2 Å². The van der Waals surface area contributed by atoms with Gasteiger partial charge in [0.2, 0.25) is 0 Å². The molecule has 0 aromatic heterocycles. The van der Waals surface area contributed by atoms with Crippen LogP contribution in [0.1, 0.15) is 35.1 Å². The Morgan fingerprint density at radius 1 is 0.733 bits per heavy atom. The Morgan fingerprint density at radius 3 is 0.933 bits per heavy atom. The molecule has 0 amide bonds. The molecule has 0 saturated carbocycles. The molecule has 0 heterocycles. The largest absolute Gasteiger partial charge is 0.261 e. The van der Waals surface area contributed by atoms with Crippen LogP contribution in [0.4, 0.5) is 0 Å². The summed E-state index contributed by atoms with van der Waals surface area (Å²) in [4.78, 5) is 19.3. The molecule has 0 atom stereocenters. The SMILES string of the molecule is C.CCN(CC)N=O.CCN(CC)N=O. The number of rotatable bonds is 6. The second-order valence-electron chi connectivity index (χ2n) is 2.44. The highest BCUT2D eigenvalue weighted by atomic mass is 16.3. The molecule has 6 heteroatoms. The molecule has 0 rings (SSSR count). The molecule has 0 spiro atoms. The Kier molecular flexibility index (Phi) is 19.7. The first-order valence-corrected chi connectivity index (χ1v) is 4.86. The molecule has 0 bridgehead atoms. The van der Waals surface area contributed by atoms with Gasteiger partial charge in [-0.1, -0.05) is 7.43 Å². The summed E-state index contributed by atoms with van der Waals surface area (Å²) in [5.74, 6) is 0. The summed E-state index contributed by atoms with van der Waals surface area (Å²) in [6.45, 7) is 10.4. The first kappa shape index (κ1) is 19.4. The van der Waals surface area contributed by atoms with Crippen LogP contribution in [0.3, 0.4) is 0 Å². The molecule has 92 valence electrons. The van der Waals surface area contributed by atoms with Gasteiger partial charge in [-0.3, -0.25) is 10.0 Å². The van der Waals surface area contributed by atoms with E-state index in [1.54, 1.807) is 0 Å². The third kappa shape index (κ3) is 12.8. The van der Waals surface area contributed by atoms with Crippen LogP contribution in [0.15, 0.2) is 10.6 Å². The van der Waals surface area contributed by atoms with Gasteiger partial charge in [-0.25, -0.2) is 0 Å². The van der Waals surface area contributed by atoms with Crippen molar-refractivity contribution in [1.29, 1.82) is 0 Å². The zero-order chi connectivity index (χ0) is 11.4. The Hall–Kier alpha value is -1.20. The molecule has 0 aliphatic rings. The van der Waals surface area contributed by atoms with E-state index < -0.39 is 0 Å². The maximum absolute atomic E-state index is 9.64. The summed E-state index contributed by atoms with van der Waals surface area (Å²) >= 11 is 0. The number of hydrogen-bond acceptors (Lipinski definition) is 4. The predicted octanol–water partition coefficient (Wildman–Crippen LogP) is 2.66. The Bertz CT molecular complexity index is 120. The highest BCUT2D eigenvalue weighted by molar-refractivity contribution is 4.38. The van der Waals surface area contributed by atoms with Gasteiger partial charge in [0.1, 0.15) is 0 Å². The highest BCUT2D eigenvalue weighted by Crippen LogP contribution is 1.83. The van der Waals surface area contributed by atoms with Crippen molar-refractivity contribution in [3.63, 3.8) is 0 Å². The average Bonchev–Trinajstić information content (AvgIpc) is 2.24. The van der Waals surface area contributed by atoms with E-state index >= 15 is 0 Å². The quantitative estimate of drug-likeness (QED) is 0.510. The van der Waals surface area contributed by atoms with Gasteiger partial charge < -0.3 is 0 Å². The fourth-order valence-electron chi connectivity index (χ4n) is 0.678. The van der Waals surface area contributed by atoms with Crippen molar-refractivity contribution in [2.24, 2.45) is 10.6 Å². The van der Waals surface area contributed by atoms with Crippen molar-refractivity contribution < 1.29 is 0 Å². The van der Waals surface area contributed by atoms with E-state index in [9.17, 15) is 9.81 Å². The Balaban J connectivity index is -0.000000180. The average molecular weight is 220 g/mol. The molecule has 0 fully saturated rings. The molecule has 0 aliphatic carbocycles. The summed E-state index contributed by atoms with van der Waals surface area (Å²) in [5, 5.41) is 8.31. The van der Waals surface area contributed by atoms with Crippen LogP contribution in [0.2, 0.25) is 0 Å². The molecule has 0 aromatic rings. The van der Waals surface area contributed by atoms with Crippen LogP contribution in [-0.4, -0.2) is 36.2 Å². The van der Waals surface area contributed by atoms with E-state index in [4.69, 9.17) is 0 Å². The zero-order valence-corrected chi connectivity index (χ0v) is 9.43. The van der Waals surface area contributed by atoms with E-state index in [1.165, 1.54) is 10.0 Å². The van der Waals surface area contributed by atoms with Gasteiger partial charge in [0.15, 0.2) is 0 Å². The molecular formula is C9H24N4O2. The third-order valence-electron chi connectivity index (χ3n) is 1.69. The van der Waals surface area contributed by atoms with Crippen molar-refractivity contribution >= 4 is 0 Å². The Labute approximate surface area is 92.5 Å². The van der Waals surface area contributed by atoms with Crippen LogP contribution < -0.4 is 0 Å². The summed E-state index contributed by atoms with van der Waals surface area (Å²) in [7, 11) is 0. The lowest BCUT2D eigenvalue weighted by Gasteiger charge is -2.06. The summed E-state index contributed by atoms with van der Waals surface area (Å²) in [6, 6.07) is 0. The molecule has 0 aromatic carbocycles. The molecule has 0 unspecified atom stereocenters. The lowest BCUT2D eigenvalue weighted by atomic mass is 10.6. The van der Waals surface area contributed by atoms with Gasteiger partial charge in [0.05, 0.1) is 10.6 Å². The first-order valence-electron chi connectivity index (χ1n) is 4.86. The molecule has 0 radical (unpaired) electrons. The topological polar surface area (TPSA) is 65.3 Å². The zero-order valence-electron chi connectivity index (χ0n) is 9.43. The second kappa shape index (κ2) is 15.3. The fraction of sp³-hybridized carbons (Fsp3) is 1.00. The van der Waals surface area contributed by atoms with E-state index in [2.05, 4.69) is 10.6 Å². The predicted molar refractivity (Wildman–Crippen MR) is 64.2 cm³/mol. The maximum atomic E-state index is 9.64. The van der Waals surface area contributed by atoms with Gasteiger partial charge in [-0.2, -0.15) is 0 Å². The van der Waals surface area contributed by atoms with Gasteiger partial charge in [0.25, 0.3) is 0 Å². The number of nitrogens with zero attached hydrogens (tertiary/aromatic N) is 4. The van der Waals surface area contributed by atoms with Crippen molar-refractivity contribution in [2.45, 2.75) is 35.1 Å². The second-order valence-corrected chi connectivity index (χ2v) is 2.44. The van der Waals surface area contributed by atoms with Crippen molar-refractivity contribution in [1.82, 2.24) is 10.0 Å². The summed E-state index contributed by atoms with van der Waals surface area (Å²) < 4.78 is 0. The lowest BCUT2D eigenvalue weighted by Crippen LogP contribution is -2.14. The van der Waals surface area contributed by atoms with Gasteiger partial charge in [-0.15, -0.1) is 9.81 Å². The standard InChI is InChI=1S/2C4H10N2O.CH4/c2*1-3-6(4-2)5-7;/h2*3-4H2,1-2H3;1H4. The van der Waals surface area contributed by atoms with E-state index in [-0.39, 0.29) is 7.43 Å². The monoisotopic (exact) mass is 220 g/mol. The summed E-state index contributed by atoms with van der Waals surface area (Å²) in [6.07, 6.45) is 0. The third-order valence-corrected chi connectivity index (χ3v) is 1.69. The van der Waals surface area contributed by atoms with E-state index in [1.807, 2.05) is 27.7 Å². The van der Waals surface area contributed by atoms with Gasteiger partial charge in [0, 0.05) is 26.2 Å². The number of hydrogen-bond donors (Lipinski definition) is 0. The van der Waals surface area contributed by atoms with Crippen molar-refractivity contribution in [2.75, 3.05) is 26.2 Å². The molecule has 0 N–H and O–H groups in total. The molecular weight excluding hydrogens is 196 g/mol. The Morgan fingerprint density at radius 2 is 0.933 bits per heavy atom. The molecule has 6 nitrogen and oxygen atoms in total. The van der Waals surface area contributed by atoms with E-state index in [0.717, 1.165) is 0 Å². The van der Waals surface area contributed by atoms with Crippen LogP contribution in [-0.2, 0) is 0 Å². The number of nitroso groups, excluding NO2 is 2. The molecule has 0 aliphatic heterocycles. The van der Waals surface area contributed by atoms with Crippen molar-refractivity contribution in [3.8, 4) is 0 Å². The highest BCUT2D eigenvalue weighted by Gasteiger charge is 1.89. The van der Waals surface area contributed by atoms with Crippen LogP contribution in [0, 0.1) is 9.81 Å². The molecule has 15 heavy (non-hydrogen) atoms. The lowest BCUT2D eigenvalue weighted by molar-refractivity contribution is 0.317. The van der Waals surface area contributed by atoms with Gasteiger partial charge in [-0.05, 0) is 27.7 Å². The first-order chi connectivity index (χ1) is 6.69. The molecule has 0 saturated heterocycles. The fourth-order valence-corrected chi connectivity index (χ4v) is 0.678. The van der Waals surface area contributed by atoms with Crippen molar-refractivity contribution in [3.05, 3.63) is 9.81 Å². The minimum Gasteiger partial charge on any atom is -0.261 e. The van der Waals surface area contributed by atoms with Crippen LogP contribution >= 0.6 is 0 Å². The maximum Gasteiger partial charge on any atom is 0.0523 e. The minimum atomic E-state index is 0. The van der Waals surface area contributed by atoms with Crippen LogP contribution in [0.25, 0.3) is 0 Å². The minimum absolute atomic E-state index is 0. The van der Waals surface area contributed by atoms with Crippen LogP contribution in [0.5, 0.6) is 0 Å².